The van der Waals surface area contributed by atoms with Crippen LogP contribution >= 0.6 is 0 Å². The minimum Gasteiger partial charge on any atom is -0.352 e. The van der Waals surface area contributed by atoms with E-state index in [1.807, 2.05) is 0 Å². The first kappa shape index (κ1) is 13.1. The zero-order valence-electron chi connectivity index (χ0n) is 7.69. The molecule has 5 nitrogen and oxygen atoms in total. The third kappa shape index (κ3) is 3.38. The highest BCUT2D eigenvalue weighted by atomic mass is 16.6. The van der Waals surface area contributed by atoms with E-state index in [1.165, 1.54) is 24.3 Å². The van der Waals surface area contributed by atoms with Gasteiger partial charge < -0.3 is 5.32 Å². The molecule has 1 amide bonds. The van der Waals surface area contributed by atoms with Crippen molar-refractivity contribution in [3.05, 3.63) is 39.9 Å². The monoisotopic (exact) mass is 210 g/mol. The Morgan fingerprint density at radius 3 is 2.73 bits per heavy atom. The molecule has 0 aliphatic carbocycles. The smallest absolute Gasteiger partial charge is 0.270 e. The van der Waals surface area contributed by atoms with Crippen molar-refractivity contribution in [1.29, 1.82) is 0 Å². The number of non-ortho nitro benzene ring substituents is 1. The molecule has 0 saturated heterocycles. The largest absolute Gasteiger partial charge is 0.352 e. The molecule has 0 heterocycles. The van der Waals surface area contributed by atoms with Crippen molar-refractivity contribution < 1.29 is 9.72 Å². The summed E-state index contributed by atoms with van der Waals surface area (Å²) >= 11 is 0. The van der Waals surface area contributed by atoms with E-state index in [0.717, 1.165) is 0 Å². The summed E-state index contributed by atoms with van der Waals surface area (Å²) in [5.74, 6) is -0.295. The summed E-state index contributed by atoms with van der Waals surface area (Å²) in [7, 11) is 0. The van der Waals surface area contributed by atoms with Crippen LogP contribution in [0.5, 0.6) is 0 Å². The number of nitrogens with one attached hydrogen (secondary N) is 1. The van der Waals surface area contributed by atoms with Crippen LogP contribution in [-0.4, -0.2) is 17.4 Å². The van der Waals surface area contributed by atoms with Crippen LogP contribution in [-0.2, 0) is 0 Å². The molecule has 15 heavy (non-hydrogen) atoms. The molecule has 1 N–H and O–H groups in total. The maximum absolute atomic E-state index is 11.3. The van der Waals surface area contributed by atoms with Crippen molar-refractivity contribution in [1.82, 2.24) is 5.32 Å². The van der Waals surface area contributed by atoms with E-state index in [0.29, 0.717) is 12.1 Å². The first-order chi connectivity index (χ1) is 6.65. The number of carbonyl (C=O) groups is 1. The second kappa shape index (κ2) is 5.74. The Bertz CT molecular complexity index is 363. The molecule has 0 radical (unpaired) electrons. The van der Waals surface area contributed by atoms with Crippen molar-refractivity contribution in [2.45, 2.75) is 14.4 Å². The van der Waals surface area contributed by atoms with E-state index in [4.69, 9.17) is 0 Å². The lowest BCUT2D eigenvalue weighted by Crippen LogP contribution is -2.22. The van der Waals surface area contributed by atoms with E-state index < -0.39 is 4.92 Å². The highest BCUT2D eigenvalue weighted by molar-refractivity contribution is 5.94. The SMILES string of the molecule is C.CCNC(=O)c1cccc([N+](=O)[O-])c1. The molecule has 0 fully saturated rings. The number of amides is 1. The Morgan fingerprint density at radius 1 is 1.53 bits per heavy atom. The quantitative estimate of drug-likeness (QED) is 0.612. The summed E-state index contributed by atoms with van der Waals surface area (Å²) in [6.45, 7) is 2.29. The van der Waals surface area contributed by atoms with Gasteiger partial charge in [-0.3, -0.25) is 14.9 Å². The van der Waals surface area contributed by atoms with E-state index in [-0.39, 0.29) is 19.0 Å². The maximum Gasteiger partial charge on any atom is 0.270 e. The van der Waals surface area contributed by atoms with Crippen molar-refractivity contribution in [3.8, 4) is 0 Å². The first-order valence-corrected chi connectivity index (χ1v) is 4.17. The summed E-state index contributed by atoms with van der Waals surface area (Å²) in [5, 5.41) is 13.0. The minimum atomic E-state index is -0.525. The van der Waals surface area contributed by atoms with Gasteiger partial charge in [-0.15, -0.1) is 0 Å². The van der Waals surface area contributed by atoms with Crippen LogP contribution in [0, 0.1) is 10.1 Å². The molecule has 0 atom stereocenters. The second-order valence-electron chi connectivity index (χ2n) is 2.67. The first-order valence-electron chi connectivity index (χ1n) is 4.17. The molecular weight excluding hydrogens is 196 g/mol. The zero-order chi connectivity index (χ0) is 10.6. The zero-order valence-corrected chi connectivity index (χ0v) is 7.69. The molecule has 82 valence electrons. The number of nitro groups is 1. The third-order valence-corrected chi connectivity index (χ3v) is 1.66. The van der Waals surface area contributed by atoms with Gasteiger partial charge in [0, 0.05) is 24.2 Å². The summed E-state index contributed by atoms with van der Waals surface area (Å²) in [6.07, 6.45) is 0. The predicted molar refractivity (Wildman–Crippen MR) is 57.8 cm³/mol. The summed E-state index contributed by atoms with van der Waals surface area (Å²) in [5.41, 5.74) is 0.231. The average Bonchev–Trinajstić information content (AvgIpc) is 2.18. The van der Waals surface area contributed by atoms with Crippen LogP contribution in [0.3, 0.4) is 0 Å². The van der Waals surface area contributed by atoms with Gasteiger partial charge in [-0.25, -0.2) is 0 Å². The fraction of sp³-hybridized carbons (Fsp3) is 0.300. The van der Waals surface area contributed by atoms with Gasteiger partial charge in [-0.2, -0.15) is 0 Å². The van der Waals surface area contributed by atoms with Gasteiger partial charge in [-0.1, -0.05) is 13.5 Å². The van der Waals surface area contributed by atoms with Crippen LogP contribution in [0.15, 0.2) is 24.3 Å². The molecule has 0 saturated carbocycles. The normalized spacial score (nSPS) is 8.87. The van der Waals surface area contributed by atoms with E-state index in [2.05, 4.69) is 5.32 Å². The van der Waals surface area contributed by atoms with Gasteiger partial charge in [0.25, 0.3) is 11.6 Å². The lowest BCUT2D eigenvalue weighted by Gasteiger charge is -2.00. The number of nitro benzene ring substituents is 1. The molecule has 0 aliphatic rings. The maximum atomic E-state index is 11.3. The Balaban J connectivity index is 0.00000196. The minimum absolute atomic E-state index is 0. The molecule has 5 heteroatoms. The molecule has 1 aromatic rings. The van der Waals surface area contributed by atoms with Crippen molar-refractivity contribution in [2.75, 3.05) is 6.54 Å². The number of benzene rings is 1. The van der Waals surface area contributed by atoms with Gasteiger partial charge >= 0.3 is 0 Å². The number of carbonyl (C=O) groups excluding carboxylic acids is 1. The van der Waals surface area contributed by atoms with Crippen molar-refractivity contribution in [3.63, 3.8) is 0 Å². The Hall–Kier alpha value is -1.91. The summed E-state index contributed by atoms with van der Waals surface area (Å²) in [4.78, 5) is 21.2. The van der Waals surface area contributed by atoms with Gasteiger partial charge in [0.1, 0.15) is 0 Å². The lowest BCUT2D eigenvalue weighted by molar-refractivity contribution is -0.384. The third-order valence-electron chi connectivity index (χ3n) is 1.66. The van der Waals surface area contributed by atoms with Gasteiger partial charge in [0.2, 0.25) is 0 Å². The number of hydrogen-bond acceptors (Lipinski definition) is 3. The predicted octanol–water partition coefficient (Wildman–Crippen LogP) is 1.98. The molecule has 1 rings (SSSR count). The van der Waals surface area contributed by atoms with E-state index >= 15 is 0 Å². The second-order valence-corrected chi connectivity index (χ2v) is 2.67. The average molecular weight is 210 g/mol. The van der Waals surface area contributed by atoms with Crippen molar-refractivity contribution >= 4 is 11.6 Å². The molecule has 0 spiro atoms. The molecule has 0 aliphatic heterocycles. The van der Waals surface area contributed by atoms with Gasteiger partial charge in [0.05, 0.1) is 4.92 Å². The molecule has 0 bridgehead atoms. The van der Waals surface area contributed by atoms with Gasteiger partial charge in [-0.05, 0) is 13.0 Å². The fourth-order valence-electron chi connectivity index (χ4n) is 1.02. The Morgan fingerprint density at radius 2 is 2.20 bits per heavy atom. The van der Waals surface area contributed by atoms with Crippen LogP contribution in [0.1, 0.15) is 24.7 Å². The van der Waals surface area contributed by atoms with Crippen LogP contribution in [0.2, 0.25) is 0 Å². The van der Waals surface area contributed by atoms with Gasteiger partial charge in [0.15, 0.2) is 0 Å². The summed E-state index contributed by atoms with van der Waals surface area (Å²) in [6, 6.07) is 5.63. The standard InChI is InChI=1S/C9H10N2O3.CH4/c1-2-10-9(12)7-4-3-5-8(6-7)11(13)14;/h3-6H,2H2,1H3,(H,10,12);1H4. The van der Waals surface area contributed by atoms with E-state index in [1.54, 1.807) is 6.92 Å². The summed E-state index contributed by atoms with van der Waals surface area (Å²) < 4.78 is 0. The molecular formula is C10H14N2O3. The van der Waals surface area contributed by atoms with E-state index in [9.17, 15) is 14.9 Å². The lowest BCUT2D eigenvalue weighted by atomic mass is 10.2. The van der Waals surface area contributed by atoms with Crippen molar-refractivity contribution in [2.24, 2.45) is 0 Å². The highest BCUT2D eigenvalue weighted by Crippen LogP contribution is 2.12. The Kier molecular flexibility index (Phi) is 5.01. The number of nitrogens with zero attached hydrogens (tertiary/aromatic N) is 1. The molecule has 0 aromatic heterocycles. The molecule has 1 aromatic carbocycles. The topological polar surface area (TPSA) is 72.2 Å². The number of rotatable bonds is 3. The molecule has 0 unspecified atom stereocenters. The Labute approximate surface area is 88.3 Å². The fourth-order valence-corrected chi connectivity index (χ4v) is 1.02. The van der Waals surface area contributed by atoms with Crippen LogP contribution < -0.4 is 5.32 Å². The van der Waals surface area contributed by atoms with Crippen LogP contribution in [0.25, 0.3) is 0 Å². The van der Waals surface area contributed by atoms with Crippen LogP contribution in [0.4, 0.5) is 5.69 Å². The number of hydrogen-bond donors (Lipinski definition) is 1. The highest BCUT2D eigenvalue weighted by Gasteiger charge is 2.09.